The summed E-state index contributed by atoms with van der Waals surface area (Å²) in [4.78, 5) is 11.7. The maximum Gasteiger partial charge on any atom is 0.221 e. The van der Waals surface area contributed by atoms with Gasteiger partial charge in [-0.3, -0.25) is 4.79 Å². The van der Waals surface area contributed by atoms with E-state index in [0.29, 0.717) is 6.42 Å². The van der Waals surface area contributed by atoms with Gasteiger partial charge in [0.25, 0.3) is 0 Å². The molecular formula is C11H13ClO2S. The quantitative estimate of drug-likeness (QED) is 0.436. The molecule has 2 nitrogen and oxygen atoms in total. The SMILES string of the molecule is COc1ccc(SCCCC(=O)Cl)cc1. The van der Waals surface area contributed by atoms with E-state index >= 15 is 0 Å². The summed E-state index contributed by atoms with van der Waals surface area (Å²) in [5.74, 6) is 1.76. The summed E-state index contributed by atoms with van der Waals surface area (Å²) in [5, 5.41) is -0.259. The van der Waals surface area contributed by atoms with Gasteiger partial charge >= 0.3 is 0 Å². The van der Waals surface area contributed by atoms with Crippen LogP contribution in [0.2, 0.25) is 0 Å². The van der Waals surface area contributed by atoms with Crippen LogP contribution in [0.15, 0.2) is 29.2 Å². The molecule has 0 saturated carbocycles. The fourth-order valence-electron chi connectivity index (χ4n) is 1.07. The van der Waals surface area contributed by atoms with Gasteiger partial charge in [0, 0.05) is 11.3 Å². The van der Waals surface area contributed by atoms with Crippen molar-refractivity contribution in [3.8, 4) is 5.75 Å². The van der Waals surface area contributed by atoms with Crippen LogP contribution in [0.3, 0.4) is 0 Å². The van der Waals surface area contributed by atoms with Gasteiger partial charge in [-0.25, -0.2) is 0 Å². The molecule has 0 aliphatic carbocycles. The van der Waals surface area contributed by atoms with Gasteiger partial charge in [0.15, 0.2) is 0 Å². The Hall–Kier alpha value is -0.670. The Labute approximate surface area is 99.0 Å². The summed E-state index contributed by atoms with van der Waals surface area (Å²) in [6.45, 7) is 0. The maximum absolute atomic E-state index is 10.5. The summed E-state index contributed by atoms with van der Waals surface area (Å²) in [5.41, 5.74) is 0. The normalized spacial score (nSPS) is 10.0. The minimum absolute atomic E-state index is 0.259. The smallest absolute Gasteiger partial charge is 0.221 e. The summed E-state index contributed by atoms with van der Waals surface area (Å²) in [7, 11) is 1.65. The van der Waals surface area contributed by atoms with Crippen LogP contribution in [0.25, 0.3) is 0 Å². The van der Waals surface area contributed by atoms with Crippen molar-refractivity contribution in [1.29, 1.82) is 0 Å². The van der Waals surface area contributed by atoms with Gasteiger partial charge in [0.05, 0.1) is 7.11 Å². The summed E-state index contributed by atoms with van der Waals surface area (Å²) < 4.78 is 5.05. The lowest BCUT2D eigenvalue weighted by atomic mass is 10.3. The Morgan fingerprint density at radius 2 is 2.07 bits per heavy atom. The van der Waals surface area contributed by atoms with Crippen molar-refractivity contribution in [1.82, 2.24) is 0 Å². The molecule has 1 aromatic rings. The Morgan fingerprint density at radius 1 is 1.40 bits per heavy atom. The highest BCUT2D eigenvalue weighted by atomic mass is 35.5. The first-order valence-electron chi connectivity index (χ1n) is 4.67. The van der Waals surface area contributed by atoms with E-state index in [2.05, 4.69) is 0 Å². The third kappa shape index (κ3) is 5.09. The number of carbonyl (C=O) groups is 1. The van der Waals surface area contributed by atoms with Crippen LogP contribution in [-0.2, 0) is 4.79 Å². The Bertz CT molecular complexity index is 311. The van der Waals surface area contributed by atoms with Crippen LogP contribution in [0.4, 0.5) is 0 Å². The first-order valence-corrected chi connectivity index (χ1v) is 6.04. The molecule has 1 rings (SSSR count). The van der Waals surface area contributed by atoms with E-state index in [0.717, 1.165) is 17.9 Å². The summed E-state index contributed by atoms with van der Waals surface area (Å²) >= 11 is 6.95. The van der Waals surface area contributed by atoms with Crippen molar-refractivity contribution in [2.75, 3.05) is 12.9 Å². The molecule has 0 amide bonds. The Morgan fingerprint density at radius 3 is 2.60 bits per heavy atom. The van der Waals surface area contributed by atoms with Crippen LogP contribution in [0.1, 0.15) is 12.8 Å². The van der Waals surface area contributed by atoms with Crippen molar-refractivity contribution in [3.63, 3.8) is 0 Å². The number of rotatable bonds is 6. The van der Waals surface area contributed by atoms with Gasteiger partial charge in [-0.05, 0) is 48.0 Å². The number of halogens is 1. The zero-order chi connectivity index (χ0) is 11.1. The molecule has 15 heavy (non-hydrogen) atoms. The van der Waals surface area contributed by atoms with Gasteiger partial charge in [-0.2, -0.15) is 0 Å². The van der Waals surface area contributed by atoms with E-state index in [1.807, 2.05) is 24.3 Å². The van der Waals surface area contributed by atoms with Gasteiger partial charge in [-0.1, -0.05) is 0 Å². The molecule has 0 spiro atoms. The molecule has 0 aliphatic rings. The van der Waals surface area contributed by atoms with Crippen molar-refractivity contribution >= 4 is 28.6 Å². The molecule has 0 bridgehead atoms. The van der Waals surface area contributed by atoms with E-state index in [9.17, 15) is 4.79 Å². The van der Waals surface area contributed by atoms with Crippen molar-refractivity contribution in [2.45, 2.75) is 17.7 Å². The molecule has 82 valence electrons. The van der Waals surface area contributed by atoms with E-state index in [-0.39, 0.29) is 5.24 Å². The van der Waals surface area contributed by atoms with Crippen LogP contribution in [-0.4, -0.2) is 18.1 Å². The van der Waals surface area contributed by atoms with E-state index in [1.54, 1.807) is 18.9 Å². The van der Waals surface area contributed by atoms with Crippen LogP contribution in [0, 0.1) is 0 Å². The summed E-state index contributed by atoms with van der Waals surface area (Å²) in [6, 6.07) is 7.86. The number of hydrogen-bond donors (Lipinski definition) is 0. The van der Waals surface area contributed by atoms with Crippen molar-refractivity contribution in [3.05, 3.63) is 24.3 Å². The van der Waals surface area contributed by atoms with Gasteiger partial charge in [-0.15, -0.1) is 11.8 Å². The lowest BCUT2D eigenvalue weighted by molar-refractivity contribution is -0.111. The van der Waals surface area contributed by atoms with Gasteiger partial charge in [0.1, 0.15) is 5.75 Å². The third-order valence-corrected chi connectivity index (χ3v) is 3.13. The lowest BCUT2D eigenvalue weighted by Gasteiger charge is -2.02. The minimum Gasteiger partial charge on any atom is -0.497 e. The molecule has 1 aromatic carbocycles. The monoisotopic (exact) mass is 244 g/mol. The first kappa shape index (κ1) is 12.4. The predicted octanol–water partition coefficient (Wildman–Crippen LogP) is 3.33. The topological polar surface area (TPSA) is 26.3 Å². The summed E-state index contributed by atoms with van der Waals surface area (Å²) in [6.07, 6.45) is 1.27. The van der Waals surface area contributed by atoms with E-state index in [1.165, 1.54) is 4.90 Å². The number of hydrogen-bond acceptors (Lipinski definition) is 3. The highest BCUT2D eigenvalue weighted by molar-refractivity contribution is 7.99. The average Bonchev–Trinajstić information content (AvgIpc) is 2.25. The second-order valence-electron chi connectivity index (χ2n) is 2.98. The van der Waals surface area contributed by atoms with Gasteiger partial charge in [0.2, 0.25) is 5.24 Å². The fraction of sp³-hybridized carbons (Fsp3) is 0.364. The van der Waals surface area contributed by atoms with Crippen molar-refractivity contribution in [2.24, 2.45) is 0 Å². The number of ether oxygens (including phenoxy) is 1. The molecule has 0 radical (unpaired) electrons. The number of carbonyl (C=O) groups excluding carboxylic acids is 1. The largest absolute Gasteiger partial charge is 0.497 e. The Kier molecular flexibility index (Phi) is 5.58. The van der Waals surface area contributed by atoms with Crippen LogP contribution in [0.5, 0.6) is 5.75 Å². The molecule has 4 heteroatoms. The highest BCUT2D eigenvalue weighted by Crippen LogP contribution is 2.22. The van der Waals surface area contributed by atoms with Gasteiger partial charge < -0.3 is 4.74 Å². The molecule has 0 saturated heterocycles. The lowest BCUT2D eigenvalue weighted by Crippen LogP contribution is -1.88. The average molecular weight is 245 g/mol. The minimum atomic E-state index is -0.259. The molecule has 0 heterocycles. The van der Waals surface area contributed by atoms with E-state index in [4.69, 9.17) is 16.3 Å². The molecular weight excluding hydrogens is 232 g/mol. The molecule has 0 aliphatic heterocycles. The standard InChI is InChI=1S/C11H13ClO2S/c1-14-9-4-6-10(7-5-9)15-8-2-3-11(12)13/h4-7H,2-3,8H2,1H3. The molecule has 0 N–H and O–H groups in total. The fourth-order valence-corrected chi connectivity index (χ4v) is 2.06. The molecule has 0 atom stereocenters. The molecule has 0 unspecified atom stereocenters. The zero-order valence-electron chi connectivity index (χ0n) is 8.53. The maximum atomic E-state index is 10.5. The molecule has 0 fully saturated rings. The van der Waals surface area contributed by atoms with Crippen LogP contribution >= 0.6 is 23.4 Å². The second kappa shape index (κ2) is 6.75. The van der Waals surface area contributed by atoms with E-state index < -0.39 is 0 Å². The Balaban J connectivity index is 2.28. The number of methoxy groups -OCH3 is 1. The zero-order valence-corrected chi connectivity index (χ0v) is 10.1. The van der Waals surface area contributed by atoms with Crippen LogP contribution < -0.4 is 4.74 Å². The number of thioether (sulfide) groups is 1. The first-order chi connectivity index (χ1) is 7.22. The highest BCUT2D eigenvalue weighted by Gasteiger charge is 1.98. The number of benzene rings is 1. The predicted molar refractivity (Wildman–Crippen MR) is 63.8 cm³/mol. The third-order valence-electron chi connectivity index (χ3n) is 1.85. The van der Waals surface area contributed by atoms with Crippen molar-refractivity contribution < 1.29 is 9.53 Å². The molecule has 0 aromatic heterocycles. The second-order valence-corrected chi connectivity index (χ2v) is 4.57.